The number of nitrogens with zero attached hydrogens (tertiary/aromatic N) is 2. The number of nitrogens with two attached hydrogens (primary N) is 1. The molecule has 1 fully saturated rings. The number of amides is 1. The second-order valence-corrected chi connectivity index (χ2v) is 3.87. The van der Waals surface area contributed by atoms with Crippen molar-refractivity contribution in [3.63, 3.8) is 0 Å². The van der Waals surface area contributed by atoms with Crippen LogP contribution in [0, 0.1) is 5.92 Å². The van der Waals surface area contributed by atoms with Crippen LogP contribution in [0.5, 0.6) is 5.88 Å². The van der Waals surface area contributed by atoms with Crippen LogP contribution >= 0.6 is 0 Å². The van der Waals surface area contributed by atoms with Crippen LogP contribution in [-0.4, -0.2) is 31.1 Å². The Morgan fingerprint density at radius 1 is 1.69 bits per heavy atom. The molecule has 1 saturated heterocycles. The number of rotatable bonds is 3. The molecular weight excluding hydrogens is 206 g/mol. The van der Waals surface area contributed by atoms with E-state index in [2.05, 4.69) is 4.98 Å². The summed E-state index contributed by atoms with van der Waals surface area (Å²) in [6.45, 7) is 1.23. The summed E-state index contributed by atoms with van der Waals surface area (Å²) in [6.07, 6.45) is 2.17. The summed E-state index contributed by atoms with van der Waals surface area (Å²) in [4.78, 5) is 17.5. The quantitative estimate of drug-likeness (QED) is 0.802. The lowest BCUT2D eigenvalue weighted by molar-refractivity contribution is -0.117. The summed E-state index contributed by atoms with van der Waals surface area (Å²) in [7, 11) is 1.56. The molecule has 0 saturated carbocycles. The average molecular weight is 221 g/mol. The zero-order valence-corrected chi connectivity index (χ0v) is 9.22. The van der Waals surface area contributed by atoms with E-state index in [1.807, 2.05) is 0 Å². The van der Waals surface area contributed by atoms with Gasteiger partial charge in [0, 0.05) is 25.2 Å². The Labute approximate surface area is 94.2 Å². The number of carbonyl (C=O) groups is 1. The maximum absolute atomic E-state index is 11.8. The van der Waals surface area contributed by atoms with Crippen molar-refractivity contribution in [2.75, 3.05) is 25.1 Å². The Hall–Kier alpha value is -1.62. The minimum atomic E-state index is 0.115. The standard InChI is InChI=1S/C11H15N3O2/c1-16-10-5-9(2-3-13-10)14-7-8(6-12)4-11(14)15/h2-3,5,8H,4,6-7,12H2,1H3. The van der Waals surface area contributed by atoms with Crippen molar-refractivity contribution in [1.29, 1.82) is 0 Å². The van der Waals surface area contributed by atoms with Crippen LogP contribution in [0.2, 0.25) is 0 Å². The molecule has 1 unspecified atom stereocenters. The predicted molar refractivity (Wildman–Crippen MR) is 60.3 cm³/mol. The maximum Gasteiger partial charge on any atom is 0.227 e. The molecule has 0 radical (unpaired) electrons. The van der Waals surface area contributed by atoms with Gasteiger partial charge in [0.1, 0.15) is 0 Å². The highest BCUT2D eigenvalue weighted by molar-refractivity contribution is 5.95. The van der Waals surface area contributed by atoms with Crippen molar-refractivity contribution in [1.82, 2.24) is 4.98 Å². The first kappa shape index (κ1) is 10.9. The Morgan fingerprint density at radius 3 is 3.12 bits per heavy atom. The minimum absolute atomic E-state index is 0.115. The summed E-state index contributed by atoms with van der Waals surface area (Å²) in [6, 6.07) is 3.57. The van der Waals surface area contributed by atoms with Gasteiger partial charge in [0.05, 0.1) is 12.8 Å². The van der Waals surface area contributed by atoms with Crippen molar-refractivity contribution < 1.29 is 9.53 Å². The molecule has 5 nitrogen and oxygen atoms in total. The van der Waals surface area contributed by atoms with E-state index in [-0.39, 0.29) is 11.8 Å². The molecule has 1 aromatic rings. The smallest absolute Gasteiger partial charge is 0.227 e. The summed E-state index contributed by atoms with van der Waals surface area (Å²) in [5, 5.41) is 0. The molecule has 16 heavy (non-hydrogen) atoms. The fourth-order valence-electron chi connectivity index (χ4n) is 1.87. The average Bonchev–Trinajstić information content (AvgIpc) is 2.71. The fraction of sp³-hybridized carbons (Fsp3) is 0.455. The number of carbonyl (C=O) groups excluding carboxylic acids is 1. The predicted octanol–water partition coefficient (Wildman–Crippen LogP) is 0.402. The molecule has 1 aliphatic rings. The molecule has 2 N–H and O–H groups in total. The highest BCUT2D eigenvalue weighted by Gasteiger charge is 2.29. The largest absolute Gasteiger partial charge is 0.481 e. The molecule has 0 bridgehead atoms. The van der Waals surface area contributed by atoms with Crippen LogP contribution in [-0.2, 0) is 4.79 Å². The van der Waals surface area contributed by atoms with Crippen molar-refractivity contribution in [2.24, 2.45) is 11.7 Å². The number of aromatic nitrogens is 1. The lowest BCUT2D eigenvalue weighted by atomic mass is 10.1. The zero-order valence-electron chi connectivity index (χ0n) is 9.22. The summed E-state index contributed by atoms with van der Waals surface area (Å²) >= 11 is 0. The SMILES string of the molecule is COc1cc(N2CC(CN)CC2=O)ccn1. The Kier molecular flexibility index (Phi) is 3.05. The molecule has 1 aliphatic heterocycles. The monoisotopic (exact) mass is 221 g/mol. The molecular formula is C11H15N3O2. The van der Waals surface area contributed by atoms with E-state index in [4.69, 9.17) is 10.5 Å². The van der Waals surface area contributed by atoms with Gasteiger partial charge in [0.25, 0.3) is 0 Å². The van der Waals surface area contributed by atoms with Crippen LogP contribution in [0.15, 0.2) is 18.3 Å². The normalized spacial score (nSPS) is 20.2. The van der Waals surface area contributed by atoms with Gasteiger partial charge in [-0.1, -0.05) is 0 Å². The minimum Gasteiger partial charge on any atom is -0.481 e. The first-order chi connectivity index (χ1) is 7.74. The summed E-state index contributed by atoms with van der Waals surface area (Å²) in [5.41, 5.74) is 6.40. The van der Waals surface area contributed by atoms with Gasteiger partial charge in [-0.3, -0.25) is 4.79 Å². The van der Waals surface area contributed by atoms with E-state index in [1.54, 1.807) is 30.3 Å². The van der Waals surface area contributed by atoms with Crippen molar-refractivity contribution in [3.05, 3.63) is 18.3 Å². The van der Waals surface area contributed by atoms with Crippen LogP contribution in [0.3, 0.4) is 0 Å². The van der Waals surface area contributed by atoms with E-state index < -0.39 is 0 Å². The third-order valence-corrected chi connectivity index (χ3v) is 2.78. The van der Waals surface area contributed by atoms with Crippen molar-refractivity contribution in [3.8, 4) is 5.88 Å². The van der Waals surface area contributed by atoms with Gasteiger partial charge in [-0.25, -0.2) is 4.98 Å². The van der Waals surface area contributed by atoms with Crippen molar-refractivity contribution >= 4 is 11.6 Å². The van der Waals surface area contributed by atoms with Gasteiger partial charge in [-0.15, -0.1) is 0 Å². The molecule has 1 atom stereocenters. The summed E-state index contributed by atoms with van der Waals surface area (Å²) < 4.78 is 5.03. The van der Waals surface area contributed by atoms with Gasteiger partial charge in [-0.05, 0) is 18.5 Å². The fourth-order valence-corrected chi connectivity index (χ4v) is 1.87. The van der Waals surface area contributed by atoms with Crippen molar-refractivity contribution in [2.45, 2.75) is 6.42 Å². The van der Waals surface area contributed by atoms with Crippen LogP contribution in [0.25, 0.3) is 0 Å². The molecule has 5 heteroatoms. The highest BCUT2D eigenvalue weighted by Crippen LogP contribution is 2.26. The van der Waals surface area contributed by atoms with Gasteiger partial charge < -0.3 is 15.4 Å². The first-order valence-corrected chi connectivity index (χ1v) is 5.25. The number of anilines is 1. The second-order valence-electron chi connectivity index (χ2n) is 3.87. The number of hydrogen-bond acceptors (Lipinski definition) is 4. The molecule has 1 amide bonds. The van der Waals surface area contributed by atoms with E-state index in [1.165, 1.54) is 0 Å². The molecule has 2 rings (SSSR count). The van der Waals surface area contributed by atoms with Gasteiger partial charge in [-0.2, -0.15) is 0 Å². The van der Waals surface area contributed by atoms with E-state index in [0.29, 0.717) is 25.4 Å². The molecule has 2 heterocycles. The zero-order chi connectivity index (χ0) is 11.5. The molecule has 0 aliphatic carbocycles. The van der Waals surface area contributed by atoms with Gasteiger partial charge in [0.2, 0.25) is 11.8 Å². The van der Waals surface area contributed by atoms with Gasteiger partial charge >= 0.3 is 0 Å². The molecule has 0 aromatic carbocycles. The molecule has 86 valence electrons. The highest BCUT2D eigenvalue weighted by atomic mass is 16.5. The molecule has 1 aromatic heterocycles. The Bertz CT molecular complexity index is 395. The van der Waals surface area contributed by atoms with E-state index >= 15 is 0 Å². The van der Waals surface area contributed by atoms with Crippen LogP contribution in [0.4, 0.5) is 5.69 Å². The van der Waals surface area contributed by atoms with E-state index in [9.17, 15) is 4.79 Å². The first-order valence-electron chi connectivity index (χ1n) is 5.25. The molecule has 0 spiro atoms. The second kappa shape index (κ2) is 4.49. The lowest BCUT2D eigenvalue weighted by Crippen LogP contribution is -2.25. The topological polar surface area (TPSA) is 68.5 Å². The van der Waals surface area contributed by atoms with Gasteiger partial charge in [0.15, 0.2) is 0 Å². The number of hydrogen-bond donors (Lipinski definition) is 1. The number of methoxy groups -OCH3 is 1. The van der Waals surface area contributed by atoms with Crippen LogP contribution in [0.1, 0.15) is 6.42 Å². The lowest BCUT2D eigenvalue weighted by Gasteiger charge is -2.16. The summed E-state index contributed by atoms with van der Waals surface area (Å²) in [5.74, 6) is 0.886. The number of pyridine rings is 1. The van der Waals surface area contributed by atoms with E-state index in [0.717, 1.165) is 5.69 Å². The maximum atomic E-state index is 11.8. The van der Waals surface area contributed by atoms with Crippen LogP contribution < -0.4 is 15.4 Å². The Morgan fingerprint density at radius 2 is 2.50 bits per heavy atom. The number of ether oxygens (including phenoxy) is 1. The third kappa shape index (κ3) is 1.99. The third-order valence-electron chi connectivity index (χ3n) is 2.78. The Balaban J connectivity index is 2.20.